The molecule has 0 radical (unpaired) electrons. The first-order chi connectivity index (χ1) is 4.33. The van der Waals surface area contributed by atoms with Crippen LogP contribution in [0.25, 0.3) is 0 Å². The molecule has 0 spiro atoms. The van der Waals surface area contributed by atoms with Gasteiger partial charge in [-0.25, -0.2) is 0 Å². The van der Waals surface area contributed by atoms with Crippen LogP contribution in [-0.4, -0.2) is 48.6 Å². The minimum Gasteiger partial charge on any atom is -0.299 e. The van der Waals surface area contributed by atoms with Crippen molar-refractivity contribution in [2.75, 3.05) is 26.7 Å². The number of likely N-dealkylation sites (tertiary alicyclic amines) is 2. The standard InChI is InChI=1S/C7H14N2/c1-3-9-5-6-7(9)4-8(6)2/h6-7H,3-5H2,1-2H3/t6-,7?/m1/s1. The van der Waals surface area contributed by atoms with Gasteiger partial charge in [0.15, 0.2) is 0 Å². The molecule has 0 bridgehead atoms. The Hall–Kier alpha value is -0.0800. The molecule has 9 heavy (non-hydrogen) atoms. The van der Waals surface area contributed by atoms with Gasteiger partial charge in [0.05, 0.1) is 0 Å². The molecule has 0 saturated carbocycles. The Morgan fingerprint density at radius 3 is 2.44 bits per heavy atom. The second-order valence-corrected chi connectivity index (χ2v) is 3.16. The van der Waals surface area contributed by atoms with Crippen LogP contribution in [0.2, 0.25) is 0 Å². The van der Waals surface area contributed by atoms with E-state index in [1.807, 2.05) is 0 Å². The van der Waals surface area contributed by atoms with Crippen molar-refractivity contribution in [3.8, 4) is 0 Å². The highest BCUT2D eigenvalue weighted by Crippen LogP contribution is 2.30. The van der Waals surface area contributed by atoms with Crippen LogP contribution in [-0.2, 0) is 0 Å². The number of nitrogens with zero attached hydrogens (tertiary/aromatic N) is 2. The van der Waals surface area contributed by atoms with E-state index in [1.165, 1.54) is 19.6 Å². The number of fused-ring (bicyclic) bond motifs is 1. The summed E-state index contributed by atoms with van der Waals surface area (Å²) in [4.78, 5) is 4.99. The van der Waals surface area contributed by atoms with Crippen LogP contribution in [0.4, 0.5) is 0 Å². The SMILES string of the molecule is CCN1C[C@@H]2C1CN2C. The van der Waals surface area contributed by atoms with Gasteiger partial charge in [-0.15, -0.1) is 0 Å². The van der Waals surface area contributed by atoms with Gasteiger partial charge >= 0.3 is 0 Å². The van der Waals surface area contributed by atoms with E-state index in [0.29, 0.717) is 0 Å². The van der Waals surface area contributed by atoms with Gasteiger partial charge in [0.2, 0.25) is 0 Å². The van der Waals surface area contributed by atoms with Gasteiger partial charge < -0.3 is 0 Å². The highest BCUT2D eigenvalue weighted by molar-refractivity contribution is 5.06. The number of rotatable bonds is 1. The van der Waals surface area contributed by atoms with Crippen molar-refractivity contribution in [3.05, 3.63) is 0 Å². The van der Waals surface area contributed by atoms with Gasteiger partial charge in [0.1, 0.15) is 0 Å². The zero-order chi connectivity index (χ0) is 6.43. The Morgan fingerprint density at radius 1 is 1.33 bits per heavy atom. The van der Waals surface area contributed by atoms with Gasteiger partial charge in [0.25, 0.3) is 0 Å². The molecule has 1 unspecified atom stereocenters. The van der Waals surface area contributed by atoms with E-state index >= 15 is 0 Å². The summed E-state index contributed by atoms with van der Waals surface area (Å²) in [5, 5.41) is 0. The molecule has 0 aromatic heterocycles. The molecule has 2 rings (SSSR count). The van der Waals surface area contributed by atoms with Crippen LogP contribution in [0.5, 0.6) is 0 Å². The van der Waals surface area contributed by atoms with Crippen LogP contribution in [0.3, 0.4) is 0 Å². The molecular formula is C7H14N2. The number of hydrogen-bond acceptors (Lipinski definition) is 2. The molecule has 0 N–H and O–H groups in total. The first kappa shape index (κ1) is 5.69. The van der Waals surface area contributed by atoms with E-state index in [4.69, 9.17) is 0 Å². The molecule has 2 heteroatoms. The predicted molar refractivity (Wildman–Crippen MR) is 37.5 cm³/mol. The summed E-state index contributed by atoms with van der Waals surface area (Å²) >= 11 is 0. The van der Waals surface area contributed by atoms with Crippen molar-refractivity contribution < 1.29 is 0 Å². The zero-order valence-electron chi connectivity index (χ0n) is 6.17. The summed E-state index contributed by atoms with van der Waals surface area (Å²) in [7, 11) is 2.22. The molecule has 0 amide bonds. The van der Waals surface area contributed by atoms with Crippen molar-refractivity contribution in [3.63, 3.8) is 0 Å². The van der Waals surface area contributed by atoms with Gasteiger partial charge in [0, 0.05) is 25.2 Å². The lowest BCUT2D eigenvalue weighted by atomic mass is 9.86. The maximum atomic E-state index is 2.55. The van der Waals surface area contributed by atoms with Crippen LogP contribution >= 0.6 is 0 Å². The Kier molecular flexibility index (Phi) is 1.08. The summed E-state index contributed by atoms with van der Waals surface area (Å²) in [6.07, 6.45) is 0. The second kappa shape index (κ2) is 1.70. The van der Waals surface area contributed by atoms with Gasteiger partial charge in [-0.05, 0) is 13.6 Å². The molecule has 2 atom stereocenters. The smallest absolute Gasteiger partial charge is 0.0391 e. The van der Waals surface area contributed by atoms with Crippen molar-refractivity contribution in [2.45, 2.75) is 19.0 Å². The molecular weight excluding hydrogens is 112 g/mol. The van der Waals surface area contributed by atoms with E-state index in [2.05, 4.69) is 23.8 Å². The summed E-state index contributed by atoms with van der Waals surface area (Å²) in [6.45, 7) is 6.11. The van der Waals surface area contributed by atoms with E-state index in [1.54, 1.807) is 0 Å². The van der Waals surface area contributed by atoms with Gasteiger partial charge in [-0.3, -0.25) is 9.80 Å². The van der Waals surface area contributed by atoms with E-state index in [9.17, 15) is 0 Å². The van der Waals surface area contributed by atoms with E-state index in [-0.39, 0.29) is 0 Å². The molecule has 0 aromatic carbocycles. The molecule has 2 aliphatic rings. The van der Waals surface area contributed by atoms with Gasteiger partial charge in [-0.2, -0.15) is 0 Å². The van der Waals surface area contributed by atoms with Crippen molar-refractivity contribution in [1.82, 2.24) is 9.80 Å². The zero-order valence-corrected chi connectivity index (χ0v) is 6.17. The Bertz CT molecular complexity index is 120. The Morgan fingerprint density at radius 2 is 2.11 bits per heavy atom. The van der Waals surface area contributed by atoms with Crippen LogP contribution in [0.15, 0.2) is 0 Å². The lowest BCUT2D eigenvalue weighted by molar-refractivity contribution is -0.108. The Labute approximate surface area is 56.4 Å². The summed E-state index contributed by atoms with van der Waals surface area (Å²) < 4.78 is 0. The number of likely N-dealkylation sites (N-methyl/N-ethyl adjacent to an activating group) is 2. The lowest BCUT2D eigenvalue weighted by Gasteiger charge is -2.61. The predicted octanol–water partition coefficient (Wildman–Crippen LogP) is 0.00450. The normalized spacial score (nSPS) is 43.3. The minimum atomic E-state index is 0.921. The van der Waals surface area contributed by atoms with E-state index in [0.717, 1.165) is 12.1 Å². The first-order valence-corrected chi connectivity index (χ1v) is 3.77. The molecule has 2 heterocycles. The summed E-state index contributed by atoms with van der Waals surface area (Å²) in [5.41, 5.74) is 0. The quantitative estimate of drug-likeness (QED) is 0.488. The van der Waals surface area contributed by atoms with Crippen LogP contribution < -0.4 is 0 Å². The molecule has 2 fully saturated rings. The first-order valence-electron chi connectivity index (χ1n) is 3.77. The van der Waals surface area contributed by atoms with Crippen molar-refractivity contribution >= 4 is 0 Å². The average molecular weight is 126 g/mol. The highest BCUT2D eigenvalue weighted by atomic mass is 15.4. The third kappa shape index (κ3) is 0.578. The third-order valence-corrected chi connectivity index (χ3v) is 2.78. The second-order valence-electron chi connectivity index (χ2n) is 3.16. The minimum absolute atomic E-state index is 0.921. The number of piperazine rings is 1. The third-order valence-electron chi connectivity index (χ3n) is 2.78. The largest absolute Gasteiger partial charge is 0.299 e. The van der Waals surface area contributed by atoms with Gasteiger partial charge in [-0.1, -0.05) is 6.92 Å². The maximum Gasteiger partial charge on any atom is 0.0391 e. The van der Waals surface area contributed by atoms with Crippen LogP contribution in [0, 0.1) is 0 Å². The fraction of sp³-hybridized carbons (Fsp3) is 1.00. The van der Waals surface area contributed by atoms with Crippen molar-refractivity contribution in [1.29, 1.82) is 0 Å². The van der Waals surface area contributed by atoms with Crippen LogP contribution in [0.1, 0.15) is 6.92 Å². The average Bonchev–Trinajstić information content (AvgIpc) is 1.83. The fourth-order valence-electron chi connectivity index (χ4n) is 1.93. The molecule has 52 valence electrons. The molecule has 0 aromatic rings. The van der Waals surface area contributed by atoms with E-state index < -0.39 is 0 Å². The Balaban J connectivity index is 1.88. The lowest BCUT2D eigenvalue weighted by Crippen LogP contribution is -2.77. The molecule has 2 saturated heterocycles. The molecule has 2 aliphatic heterocycles. The maximum absolute atomic E-state index is 2.55. The topological polar surface area (TPSA) is 6.48 Å². The van der Waals surface area contributed by atoms with Crippen molar-refractivity contribution in [2.24, 2.45) is 0 Å². The summed E-state index contributed by atoms with van der Waals surface area (Å²) in [6, 6.07) is 1.85. The molecule has 2 nitrogen and oxygen atoms in total. The summed E-state index contributed by atoms with van der Waals surface area (Å²) in [5.74, 6) is 0. The monoisotopic (exact) mass is 126 g/mol. The molecule has 0 aliphatic carbocycles. The fourth-order valence-corrected chi connectivity index (χ4v) is 1.93. The number of hydrogen-bond donors (Lipinski definition) is 0. The highest BCUT2D eigenvalue weighted by Gasteiger charge is 2.48.